The van der Waals surface area contributed by atoms with Crippen LogP contribution in [0.15, 0.2) is 18.2 Å². The molecule has 12 heavy (non-hydrogen) atoms. The largest absolute Gasteiger partial charge is 0.497 e. The predicted molar refractivity (Wildman–Crippen MR) is 52.1 cm³/mol. The molecule has 4 heteroatoms. The van der Waals surface area contributed by atoms with Gasteiger partial charge in [0.15, 0.2) is 0 Å². The molecule has 0 amide bonds. The van der Waals surface area contributed by atoms with Crippen LogP contribution in [-0.4, -0.2) is 14.2 Å². The summed E-state index contributed by atoms with van der Waals surface area (Å²) in [4.78, 5) is 0. The van der Waals surface area contributed by atoms with E-state index in [2.05, 4.69) is 20.5 Å². The molecule has 0 aliphatic rings. The first-order valence-corrected chi connectivity index (χ1v) is 4.19. The maximum atomic E-state index is 5.06. The zero-order chi connectivity index (χ0) is 8.97. The Balaban J connectivity index is 3.01. The number of halogens is 1. The van der Waals surface area contributed by atoms with Gasteiger partial charge in [-0.2, -0.15) is 0 Å². The molecule has 1 rings (SSSR count). The second-order valence-electron chi connectivity index (χ2n) is 2.20. The van der Waals surface area contributed by atoms with Gasteiger partial charge in [-0.15, -0.1) is 0 Å². The van der Waals surface area contributed by atoms with Crippen LogP contribution in [0.2, 0.25) is 0 Å². The average molecular weight is 232 g/mol. The van der Waals surface area contributed by atoms with Gasteiger partial charge >= 0.3 is 0 Å². The fraction of sp³-hybridized carbons (Fsp3) is 0.250. The van der Waals surface area contributed by atoms with Crippen LogP contribution in [0.25, 0.3) is 0 Å². The first-order valence-electron chi connectivity index (χ1n) is 3.40. The zero-order valence-corrected chi connectivity index (χ0v) is 8.51. The van der Waals surface area contributed by atoms with Gasteiger partial charge in [0, 0.05) is 34.3 Å². The Hall–Kier alpha value is -0.900. The van der Waals surface area contributed by atoms with Crippen molar-refractivity contribution in [2.45, 2.75) is 0 Å². The van der Waals surface area contributed by atoms with Crippen molar-refractivity contribution in [3.8, 4) is 11.5 Å². The molecule has 3 nitrogen and oxygen atoms in total. The van der Waals surface area contributed by atoms with E-state index in [1.807, 2.05) is 18.2 Å². The first kappa shape index (κ1) is 9.19. The Morgan fingerprint density at radius 1 is 1.08 bits per heavy atom. The average Bonchev–Trinajstić information content (AvgIpc) is 2.16. The van der Waals surface area contributed by atoms with Gasteiger partial charge in [0.2, 0.25) is 0 Å². The summed E-state index contributed by atoms with van der Waals surface area (Å²) in [5.41, 5.74) is 0.895. The molecule has 1 aromatic carbocycles. The molecule has 0 spiro atoms. The highest BCUT2D eigenvalue weighted by Gasteiger charge is 1.99. The van der Waals surface area contributed by atoms with Crippen LogP contribution in [0, 0.1) is 0 Å². The summed E-state index contributed by atoms with van der Waals surface area (Å²) in [7, 11) is 3.24. The second kappa shape index (κ2) is 4.21. The van der Waals surface area contributed by atoms with E-state index in [1.165, 1.54) is 0 Å². The SMILES string of the molecule is COc1cc(NBr)cc(OC)c1. The van der Waals surface area contributed by atoms with Crippen molar-refractivity contribution in [1.82, 2.24) is 0 Å². The smallest absolute Gasteiger partial charge is 0.124 e. The number of methoxy groups -OCH3 is 2. The number of ether oxygens (including phenoxy) is 2. The van der Waals surface area contributed by atoms with Crippen LogP contribution in [0.4, 0.5) is 5.69 Å². The minimum atomic E-state index is 0.760. The molecule has 0 bridgehead atoms. The molecule has 0 fully saturated rings. The third kappa shape index (κ3) is 2.04. The third-order valence-electron chi connectivity index (χ3n) is 1.46. The number of anilines is 1. The Morgan fingerprint density at radius 2 is 1.58 bits per heavy atom. The lowest BCUT2D eigenvalue weighted by molar-refractivity contribution is 0.395. The van der Waals surface area contributed by atoms with Crippen molar-refractivity contribution in [1.29, 1.82) is 0 Å². The van der Waals surface area contributed by atoms with Crippen molar-refractivity contribution in [2.24, 2.45) is 0 Å². The molecule has 0 aromatic heterocycles. The van der Waals surface area contributed by atoms with E-state index in [0.717, 1.165) is 17.2 Å². The van der Waals surface area contributed by atoms with Gasteiger partial charge in [-0.3, -0.25) is 0 Å². The van der Waals surface area contributed by atoms with E-state index in [0.29, 0.717) is 0 Å². The first-order chi connectivity index (χ1) is 5.80. The summed E-state index contributed by atoms with van der Waals surface area (Å²) in [6, 6.07) is 5.53. The molecule has 1 aromatic rings. The molecule has 0 saturated heterocycles. The molecule has 0 aliphatic carbocycles. The molecule has 1 N–H and O–H groups in total. The van der Waals surface area contributed by atoms with Crippen LogP contribution in [0.5, 0.6) is 11.5 Å². The normalized spacial score (nSPS) is 9.25. The minimum absolute atomic E-state index is 0.760. The van der Waals surface area contributed by atoms with Gasteiger partial charge in [-0.1, -0.05) is 0 Å². The highest BCUT2D eigenvalue weighted by Crippen LogP contribution is 2.26. The predicted octanol–water partition coefficient (Wildman–Crippen LogP) is 2.43. The third-order valence-corrected chi connectivity index (χ3v) is 1.92. The summed E-state index contributed by atoms with van der Waals surface area (Å²) in [6.45, 7) is 0. The van der Waals surface area contributed by atoms with Crippen molar-refractivity contribution in [3.05, 3.63) is 18.2 Å². The highest BCUT2D eigenvalue weighted by molar-refractivity contribution is 9.10. The zero-order valence-electron chi connectivity index (χ0n) is 6.93. The van der Waals surface area contributed by atoms with Gasteiger partial charge in [-0.25, -0.2) is 0 Å². The molecule has 66 valence electrons. The van der Waals surface area contributed by atoms with Crippen LogP contribution in [-0.2, 0) is 0 Å². The molecular weight excluding hydrogens is 222 g/mol. The van der Waals surface area contributed by atoms with Gasteiger partial charge in [-0.05, 0) is 0 Å². The molecule has 0 atom stereocenters. The lowest BCUT2D eigenvalue weighted by atomic mass is 10.3. The maximum absolute atomic E-state index is 5.06. The van der Waals surface area contributed by atoms with E-state index in [1.54, 1.807) is 14.2 Å². The molecule has 0 radical (unpaired) electrons. The van der Waals surface area contributed by atoms with Crippen molar-refractivity contribution in [2.75, 3.05) is 18.6 Å². The molecule has 0 aliphatic heterocycles. The monoisotopic (exact) mass is 231 g/mol. The molecule has 0 heterocycles. The quantitative estimate of drug-likeness (QED) is 0.812. The van der Waals surface area contributed by atoms with Crippen molar-refractivity contribution >= 4 is 21.8 Å². The number of benzene rings is 1. The minimum Gasteiger partial charge on any atom is -0.497 e. The summed E-state index contributed by atoms with van der Waals surface area (Å²) in [5.74, 6) is 1.52. The fourth-order valence-electron chi connectivity index (χ4n) is 0.862. The van der Waals surface area contributed by atoms with Crippen LogP contribution >= 0.6 is 16.1 Å². The van der Waals surface area contributed by atoms with Crippen LogP contribution in [0.1, 0.15) is 0 Å². The molecule has 0 unspecified atom stereocenters. The molecule has 0 saturated carbocycles. The lowest BCUT2D eigenvalue weighted by Gasteiger charge is -2.06. The van der Waals surface area contributed by atoms with Crippen LogP contribution < -0.4 is 13.8 Å². The number of nitrogens with one attached hydrogen (secondary N) is 1. The Kier molecular flexibility index (Phi) is 3.22. The van der Waals surface area contributed by atoms with Crippen molar-refractivity contribution < 1.29 is 9.47 Å². The van der Waals surface area contributed by atoms with E-state index >= 15 is 0 Å². The number of hydrogen-bond acceptors (Lipinski definition) is 3. The Morgan fingerprint density at radius 3 is 1.92 bits per heavy atom. The number of hydrogen-bond donors (Lipinski definition) is 1. The maximum Gasteiger partial charge on any atom is 0.124 e. The Bertz CT molecular complexity index is 210. The van der Waals surface area contributed by atoms with Gasteiger partial charge in [0.05, 0.1) is 19.9 Å². The van der Waals surface area contributed by atoms with Crippen LogP contribution in [0.3, 0.4) is 0 Å². The van der Waals surface area contributed by atoms with E-state index < -0.39 is 0 Å². The lowest BCUT2D eigenvalue weighted by Crippen LogP contribution is -1.88. The van der Waals surface area contributed by atoms with Gasteiger partial charge < -0.3 is 13.8 Å². The fourth-order valence-corrected chi connectivity index (χ4v) is 1.09. The van der Waals surface area contributed by atoms with Gasteiger partial charge in [0.25, 0.3) is 0 Å². The van der Waals surface area contributed by atoms with E-state index in [9.17, 15) is 0 Å². The number of rotatable bonds is 3. The second-order valence-corrected chi connectivity index (χ2v) is 2.59. The summed E-state index contributed by atoms with van der Waals surface area (Å²) in [5, 5.41) is 0. The summed E-state index contributed by atoms with van der Waals surface area (Å²) >= 11 is 3.12. The summed E-state index contributed by atoms with van der Waals surface area (Å²) in [6.07, 6.45) is 0. The van der Waals surface area contributed by atoms with E-state index in [-0.39, 0.29) is 0 Å². The Labute approximate surface area is 80.0 Å². The highest BCUT2D eigenvalue weighted by atomic mass is 79.9. The van der Waals surface area contributed by atoms with Gasteiger partial charge in [0.1, 0.15) is 11.5 Å². The molecular formula is C8H10BrNO2. The topological polar surface area (TPSA) is 30.5 Å². The van der Waals surface area contributed by atoms with E-state index in [4.69, 9.17) is 9.47 Å². The van der Waals surface area contributed by atoms with Crippen molar-refractivity contribution in [3.63, 3.8) is 0 Å². The summed E-state index contributed by atoms with van der Waals surface area (Å²) < 4.78 is 12.9. The standard InChI is InChI=1S/C8H10BrNO2/c1-11-7-3-6(10-9)4-8(5-7)12-2/h3-5,10H,1-2H3.